The van der Waals surface area contributed by atoms with E-state index in [1.807, 2.05) is 0 Å². The highest BCUT2D eigenvalue weighted by Gasteiger charge is 2.43. The summed E-state index contributed by atoms with van der Waals surface area (Å²) in [5.74, 6) is -1.57. The number of sulfonamides is 1. The first kappa shape index (κ1) is 13.1. The monoisotopic (exact) mass is 265 g/mol. The Morgan fingerprint density at radius 1 is 1.40 bits per heavy atom. The first-order chi connectivity index (χ1) is 6.77. The predicted molar refractivity (Wildman–Crippen MR) is 50.0 cm³/mol. The molecule has 15 heavy (non-hydrogen) atoms. The highest BCUT2D eigenvalue weighted by molar-refractivity contribution is 7.90. The van der Waals surface area contributed by atoms with Crippen LogP contribution in [0.25, 0.3) is 0 Å². The minimum atomic E-state index is -4.33. The Morgan fingerprint density at radius 3 is 2.47 bits per heavy atom. The molecule has 1 rings (SSSR count). The number of piperidine rings is 1. The number of nitrogens with zero attached hydrogens (tertiary/aromatic N) is 1. The maximum Gasteiger partial charge on any atom is 0.393 e. The molecule has 0 N–H and O–H groups in total. The van der Waals surface area contributed by atoms with E-state index >= 15 is 0 Å². The number of alkyl halides is 4. The lowest BCUT2D eigenvalue weighted by Gasteiger charge is -2.32. The summed E-state index contributed by atoms with van der Waals surface area (Å²) in [4.78, 5) is 0. The van der Waals surface area contributed by atoms with Gasteiger partial charge in [0.05, 0.1) is 5.92 Å². The van der Waals surface area contributed by atoms with Gasteiger partial charge < -0.3 is 0 Å². The second-order valence-electron chi connectivity index (χ2n) is 3.46. The smallest absolute Gasteiger partial charge is 0.211 e. The van der Waals surface area contributed by atoms with E-state index in [1.54, 1.807) is 0 Å². The fourth-order valence-electron chi connectivity index (χ4n) is 1.53. The fourth-order valence-corrected chi connectivity index (χ4v) is 2.90. The van der Waals surface area contributed by atoms with Crippen molar-refractivity contribution in [1.29, 1.82) is 0 Å². The van der Waals surface area contributed by atoms with Crippen LogP contribution < -0.4 is 0 Å². The molecular weight excluding hydrogens is 255 g/mol. The average Bonchev–Trinajstić information content (AvgIpc) is 2.17. The van der Waals surface area contributed by atoms with Gasteiger partial charge in [-0.3, -0.25) is 0 Å². The van der Waals surface area contributed by atoms with E-state index in [1.165, 1.54) is 0 Å². The summed E-state index contributed by atoms with van der Waals surface area (Å²) in [5.41, 5.74) is 0. The third-order valence-corrected chi connectivity index (χ3v) is 4.60. The highest BCUT2D eigenvalue weighted by Crippen LogP contribution is 2.33. The lowest BCUT2D eigenvalue weighted by atomic mass is 9.99. The van der Waals surface area contributed by atoms with Crippen LogP contribution in [-0.4, -0.2) is 37.2 Å². The Kier molecular flexibility index (Phi) is 3.89. The molecule has 0 amide bonds. The third-order valence-electron chi connectivity index (χ3n) is 2.38. The molecule has 0 spiro atoms. The highest BCUT2D eigenvalue weighted by atomic mass is 35.5. The average molecular weight is 266 g/mol. The molecule has 1 atom stereocenters. The van der Waals surface area contributed by atoms with Crippen LogP contribution in [0, 0.1) is 5.92 Å². The van der Waals surface area contributed by atoms with Gasteiger partial charge in [-0.05, 0) is 12.8 Å². The SMILES string of the molecule is O=S(=O)(CCl)N1CCCC(C(F)(F)F)C1. The van der Waals surface area contributed by atoms with Crippen LogP contribution in [0.5, 0.6) is 0 Å². The third kappa shape index (κ3) is 3.22. The van der Waals surface area contributed by atoms with Gasteiger partial charge in [-0.25, -0.2) is 12.7 Å². The summed E-state index contributed by atoms with van der Waals surface area (Å²) in [5, 5.41) is -0.669. The van der Waals surface area contributed by atoms with Crippen LogP contribution in [0.2, 0.25) is 0 Å². The van der Waals surface area contributed by atoms with Crippen molar-refractivity contribution >= 4 is 21.6 Å². The molecule has 1 aliphatic rings. The Hall–Kier alpha value is -0.0100. The Morgan fingerprint density at radius 2 is 2.00 bits per heavy atom. The quantitative estimate of drug-likeness (QED) is 0.714. The van der Waals surface area contributed by atoms with Gasteiger partial charge in [0.15, 0.2) is 0 Å². The van der Waals surface area contributed by atoms with Crippen molar-refractivity contribution in [3.63, 3.8) is 0 Å². The van der Waals surface area contributed by atoms with Gasteiger partial charge in [-0.2, -0.15) is 13.2 Å². The second kappa shape index (κ2) is 4.47. The summed E-state index contributed by atoms with van der Waals surface area (Å²) in [6, 6.07) is 0. The van der Waals surface area contributed by atoms with Crippen LogP contribution >= 0.6 is 11.6 Å². The molecule has 1 aliphatic heterocycles. The summed E-state index contributed by atoms with van der Waals surface area (Å²) < 4.78 is 60.4. The molecule has 0 aromatic heterocycles. The summed E-state index contributed by atoms with van der Waals surface area (Å²) in [6.07, 6.45) is -4.13. The van der Waals surface area contributed by atoms with Crippen LogP contribution in [0.3, 0.4) is 0 Å². The van der Waals surface area contributed by atoms with Gasteiger partial charge in [-0.1, -0.05) is 0 Å². The van der Waals surface area contributed by atoms with Gasteiger partial charge in [0.2, 0.25) is 10.0 Å². The zero-order valence-electron chi connectivity index (χ0n) is 7.80. The Labute approximate surface area is 91.2 Å². The topological polar surface area (TPSA) is 37.4 Å². The molecular formula is C7H11ClF3NO2S. The maximum atomic E-state index is 12.4. The summed E-state index contributed by atoms with van der Waals surface area (Å²) >= 11 is 5.18. The van der Waals surface area contributed by atoms with E-state index in [4.69, 9.17) is 11.6 Å². The molecule has 1 heterocycles. The summed E-state index contributed by atoms with van der Waals surface area (Å²) in [6.45, 7) is -0.375. The second-order valence-corrected chi connectivity index (χ2v) is 6.01. The van der Waals surface area contributed by atoms with E-state index < -0.39 is 33.9 Å². The molecule has 0 aliphatic carbocycles. The van der Waals surface area contributed by atoms with Crippen LogP contribution in [-0.2, 0) is 10.0 Å². The van der Waals surface area contributed by atoms with Crippen molar-refractivity contribution < 1.29 is 21.6 Å². The predicted octanol–water partition coefficient (Wildman–Crippen LogP) is 1.79. The van der Waals surface area contributed by atoms with Gasteiger partial charge in [-0.15, -0.1) is 11.6 Å². The van der Waals surface area contributed by atoms with E-state index in [-0.39, 0.29) is 19.4 Å². The minimum absolute atomic E-state index is 0.0161. The standard InChI is InChI=1S/C7H11ClF3NO2S/c8-5-15(13,14)12-3-1-2-6(4-12)7(9,10)11/h6H,1-5H2. The normalized spacial score (nSPS) is 25.5. The number of hydrogen-bond acceptors (Lipinski definition) is 2. The van der Waals surface area contributed by atoms with Gasteiger partial charge in [0, 0.05) is 13.1 Å². The van der Waals surface area contributed by atoms with Crippen molar-refractivity contribution in [2.75, 3.05) is 18.3 Å². The molecule has 1 unspecified atom stereocenters. The first-order valence-corrected chi connectivity index (χ1v) is 6.52. The van der Waals surface area contributed by atoms with Crippen LogP contribution in [0.1, 0.15) is 12.8 Å². The maximum absolute atomic E-state index is 12.4. The molecule has 0 aromatic rings. The molecule has 8 heteroatoms. The lowest BCUT2D eigenvalue weighted by molar-refractivity contribution is -0.182. The summed E-state index contributed by atoms with van der Waals surface area (Å²) in [7, 11) is -3.72. The molecule has 1 fully saturated rings. The molecule has 0 aromatic carbocycles. The van der Waals surface area contributed by atoms with Crippen molar-refractivity contribution in [1.82, 2.24) is 4.31 Å². The first-order valence-electron chi connectivity index (χ1n) is 4.38. The molecule has 90 valence electrons. The zero-order chi connectivity index (χ0) is 11.7. The zero-order valence-corrected chi connectivity index (χ0v) is 9.37. The number of rotatable bonds is 2. The molecule has 0 bridgehead atoms. The van der Waals surface area contributed by atoms with Crippen molar-refractivity contribution in [2.24, 2.45) is 5.92 Å². The van der Waals surface area contributed by atoms with Crippen molar-refractivity contribution in [3.05, 3.63) is 0 Å². The van der Waals surface area contributed by atoms with E-state index in [9.17, 15) is 21.6 Å². The molecule has 0 saturated carbocycles. The van der Waals surface area contributed by atoms with Gasteiger partial charge in [0.1, 0.15) is 5.21 Å². The van der Waals surface area contributed by atoms with E-state index in [0.717, 1.165) is 4.31 Å². The van der Waals surface area contributed by atoms with Gasteiger partial charge in [0.25, 0.3) is 0 Å². The van der Waals surface area contributed by atoms with Gasteiger partial charge >= 0.3 is 6.18 Å². The minimum Gasteiger partial charge on any atom is -0.211 e. The molecule has 0 radical (unpaired) electrons. The van der Waals surface area contributed by atoms with Crippen LogP contribution in [0.4, 0.5) is 13.2 Å². The van der Waals surface area contributed by atoms with Crippen molar-refractivity contribution in [2.45, 2.75) is 19.0 Å². The van der Waals surface area contributed by atoms with E-state index in [2.05, 4.69) is 0 Å². The molecule has 1 saturated heterocycles. The van der Waals surface area contributed by atoms with Crippen molar-refractivity contribution in [3.8, 4) is 0 Å². The van der Waals surface area contributed by atoms with E-state index in [0.29, 0.717) is 0 Å². The Bertz CT molecular complexity index is 317. The fraction of sp³-hybridized carbons (Fsp3) is 1.00. The lowest BCUT2D eigenvalue weighted by Crippen LogP contribution is -2.44. The van der Waals surface area contributed by atoms with Crippen LogP contribution in [0.15, 0.2) is 0 Å². The Balaban J connectivity index is 2.73. The largest absolute Gasteiger partial charge is 0.393 e. The number of hydrogen-bond donors (Lipinski definition) is 0. The molecule has 3 nitrogen and oxygen atoms in total. The number of halogens is 4.